The van der Waals surface area contributed by atoms with E-state index in [0.29, 0.717) is 10.9 Å². The number of aromatic amines is 1. The molecule has 1 aromatic carbocycles. The molecule has 1 aliphatic rings. The first-order valence-corrected chi connectivity index (χ1v) is 4.76. The van der Waals surface area contributed by atoms with E-state index in [4.69, 9.17) is 5.73 Å². The maximum absolute atomic E-state index is 11.3. The van der Waals surface area contributed by atoms with Gasteiger partial charge >= 0.3 is 0 Å². The van der Waals surface area contributed by atoms with E-state index in [1.807, 2.05) is 12.1 Å². The van der Waals surface area contributed by atoms with Gasteiger partial charge in [0.05, 0.1) is 5.69 Å². The van der Waals surface area contributed by atoms with Gasteiger partial charge in [-0.3, -0.25) is 4.79 Å². The fourth-order valence-corrected chi connectivity index (χ4v) is 1.76. The second-order valence-electron chi connectivity index (χ2n) is 3.49. The van der Waals surface area contributed by atoms with Gasteiger partial charge in [0.2, 0.25) is 0 Å². The number of nitrogen functional groups attached to an aromatic ring is 1. The zero-order valence-corrected chi connectivity index (χ0v) is 8.24. The van der Waals surface area contributed by atoms with E-state index in [1.165, 1.54) is 0 Å². The van der Waals surface area contributed by atoms with Crippen LogP contribution in [0.15, 0.2) is 23.1 Å². The van der Waals surface area contributed by atoms with Crippen molar-refractivity contribution in [1.29, 1.82) is 0 Å². The molecule has 0 saturated carbocycles. The number of nitrogens with one attached hydrogen (secondary N) is 3. The maximum Gasteiger partial charge on any atom is 0.287 e. The van der Waals surface area contributed by atoms with Crippen molar-refractivity contribution in [3.63, 3.8) is 0 Å². The Hall–Kier alpha value is -2.50. The SMILES string of the molecule is Nc1c(=O)[nH]nc2c3c(ccc12)NNC=C3. The number of hydrogen-bond donors (Lipinski definition) is 4. The van der Waals surface area contributed by atoms with Gasteiger partial charge in [0.25, 0.3) is 5.56 Å². The Morgan fingerprint density at radius 2 is 2.19 bits per heavy atom. The van der Waals surface area contributed by atoms with Crippen molar-refractivity contribution in [2.75, 3.05) is 11.2 Å². The molecule has 0 unspecified atom stereocenters. The molecule has 0 bridgehead atoms. The molecular formula is C10H9N5O. The Kier molecular flexibility index (Phi) is 1.64. The summed E-state index contributed by atoms with van der Waals surface area (Å²) < 4.78 is 0. The van der Waals surface area contributed by atoms with E-state index in [-0.39, 0.29) is 11.2 Å². The van der Waals surface area contributed by atoms with Gasteiger partial charge in [-0.05, 0) is 18.2 Å². The summed E-state index contributed by atoms with van der Waals surface area (Å²) in [5, 5.41) is 7.06. The Morgan fingerprint density at radius 1 is 1.31 bits per heavy atom. The van der Waals surface area contributed by atoms with Gasteiger partial charge in [0.1, 0.15) is 11.2 Å². The van der Waals surface area contributed by atoms with Crippen molar-refractivity contribution in [3.05, 3.63) is 34.2 Å². The van der Waals surface area contributed by atoms with E-state index in [1.54, 1.807) is 12.3 Å². The largest absolute Gasteiger partial charge is 0.394 e. The Bertz CT molecular complexity index is 658. The molecule has 0 saturated heterocycles. The van der Waals surface area contributed by atoms with Crippen LogP contribution >= 0.6 is 0 Å². The first kappa shape index (κ1) is 8.78. The zero-order chi connectivity index (χ0) is 11.1. The van der Waals surface area contributed by atoms with Crippen LogP contribution in [0.2, 0.25) is 0 Å². The van der Waals surface area contributed by atoms with E-state index >= 15 is 0 Å². The summed E-state index contributed by atoms with van der Waals surface area (Å²) in [6.07, 6.45) is 3.63. The van der Waals surface area contributed by atoms with Crippen LogP contribution < -0.4 is 22.1 Å². The number of hydrogen-bond acceptors (Lipinski definition) is 5. The average Bonchev–Trinajstić information content (AvgIpc) is 2.33. The summed E-state index contributed by atoms with van der Waals surface area (Å²) in [6, 6.07) is 3.63. The van der Waals surface area contributed by atoms with Gasteiger partial charge in [-0.1, -0.05) is 0 Å². The average molecular weight is 215 g/mol. The smallest absolute Gasteiger partial charge is 0.287 e. The predicted molar refractivity (Wildman–Crippen MR) is 62.6 cm³/mol. The van der Waals surface area contributed by atoms with Crippen molar-refractivity contribution < 1.29 is 0 Å². The topological polar surface area (TPSA) is 95.8 Å². The molecule has 2 heterocycles. The molecule has 16 heavy (non-hydrogen) atoms. The Balaban J connectivity index is 2.47. The normalized spacial score (nSPS) is 13.0. The number of nitrogens with zero attached hydrogens (tertiary/aromatic N) is 1. The van der Waals surface area contributed by atoms with Crippen molar-refractivity contribution in [2.24, 2.45) is 0 Å². The van der Waals surface area contributed by atoms with Crippen molar-refractivity contribution >= 4 is 28.4 Å². The standard InChI is InChI=1S/C10H9N5O/c11-8-6-1-2-7-5(3-4-12-13-7)9(6)14-15-10(8)16/h1-4,12-13H,(H2,11,14)(H,15,16). The number of rotatable bonds is 0. The second kappa shape index (κ2) is 2.99. The lowest BCUT2D eigenvalue weighted by molar-refractivity contribution is 1.02. The molecule has 1 aliphatic heterocycles. The summed E-state index contributed by atoms with van der Waals surface area (Å²) in [5.41, 5.74) is 13.9. The molecule has 1 aromatic heterocycles. The second-order valence-corrected chi connectivity index (χ2v) is 3.49. The maximum atomic E-state index is 11.3. The lowest BCUT2D eigenvalue weighted by Gasteiger charge is -2.15. The van der Waals surface area contributed by atoms with Crippen LogP contribution in [0.1, 0.15) is 5.56 Å². The quantitative estimate of drug-likeness (QED) is 0.510. The summed E-state index contributed by atoms with van der Waals surface area (Å²) in [7, 11) is 0. The number of aromatic nitrogens is 2. The van der Waals surface area contributed by atoms with Crippen LogP contribution in [0.5, 0.6) is 0 Å². The molecule has 5 N–H and O–H groups in total. The van der Waals surface area contributed by atoms with Crippen LogP contribution in [0.3, 0.4) is 0 Å². The van der Waals surface area contributed by atoms with Gasteiger partial charge in [0.15, 0.2) is 0 Å². The summed E-state index contributed by atoms with van der Waals surface area (Å²) in [4.78, 5) is 11.3. The highest BCUT2D eigenvalue weighted by Gasteiger charge is 2.12. The first-order chi connectivity index (χ1) is 7.77. The predicted octanol–water partition coefficient (Wildman–Crippen LogP) is 0.406. The molecule has 6 heteroatoms. The van der Waals surface area contributed by atoms with E-state index in [0.717, 1.165) is 11.3 Å². The highest BCUT2D eigenvalue weighted by molar-refractivity contribution is 5.98. The molecular weight excluding hydrogens is 206 g/mol. The molecule has 3 rings (SSSR count). The third-order valence-electron chi connectivity index (χ3n) is 2.56. The molecule has 6 nitrogen and oxygen atoms in total. The van der Waals surface area contributed by atoms with Gasteiger partial charge < -0.3 is 16.6 Å². The number of hydrazine groups is 1. The number of benzene rings is 1. The van der Waals surface area contributed by atoms with Gasteiger partial charge in [-0.25, -0.2) is 5.10 Å². The van der Waals surface area contributed by atoms with Crippen LogP contribution in [-0.2, 0) is 0 Å². The highest BCUT2D eigenvalue weighted by atomic mass is 16.1. The molecule has 2 aromatic rings. The summed E-state index contributed by atoms with van der Waals surface area (Å²) in [5.74, 6) is 0. The molecule has 0 amide bonds. The Labute approximate surface area is 90.1 Å². The van der Waals surface area contributed by atoms with Crippen LogP contribution in [0.25, 0.3) is 17.0 Å². The highest BCUT2D eigenvalue weighted by Crippen LogP contribution is 2.28. The number of fused-ring (bicyclic) bond motifs is 3. The molecule has 0 spiro atoms. The number of H-pyrrole nitrogens is 1. The summed E-state index contributed by atoms with van der Waals surface area (Å²) >= 11 is 0. The fourth-order valence-electron chi connectivity index (χ4n) is 1.76. The van der Waals surface area contributed by atoms with Gasteiger partial charge in [-0.15, -0.1) is 0 Å². The van der Waals surface area contributed by atoms with Crippen LogP contribution in [0.4, 0.5) is 11.4 Å². The Morgan fingerprint density at radius 3 is 3.06 bits per heavy atom. The van der Waals surface area contributed by atoms with E-state index < -0.39 is 0 Å². The van der Waals surface area contributed by atoms with Gasteiger partial charge in [0, 0.05) is 17.1 Å². The molecule has 80 valence electrons. The van der Waals surface area contributed by atoms with E-state index in [9.17, 15) is 4.79 Å². The number of anilines is 2. The zero-order valence-electron chi connectivity index (χ0n) is 8.24. The lowest BCUT2D eigenvalue weighted by atomic mass is 10.1. The van der Waals surface area contributed by atoms with E-state index in [2.05, 4.69) is 21.0 Å². The molecule has 0 radical (unpaired) electrons. The minimum Gasteiger partial charge on any atom is -0.394 e. The molecule has 0 atom stereocenters. The minimum absolute atomic E-state index is 0.194. The summed E-state index contributed by atoms with van der Waals surface area (Å²) in [6.45, 7) is 0. The third kappa shape index (κ3) is 1.07. The third-order valence-corrected chi connectivity index (χ3v) is 2.56. The minimum atomic E-state index is -0.363. The van der Waals surface area contributed by atoms with Crippen molar-refractivity contribution in [3.8, 4) is 0 Å². The van der Waals surface area contributed by atoms with Crippen molar-refractivity contribution in [1.82, 2.24) is 15.6 Å². The van der Waals surface area contributed by atoms with Crippen LogP contribution in [-0.4, -0.2) is 10.2 Å². The molecule has 0 fully saturated rings. The monoisotopic (exact) mass is 215 g/mol. The lowest BCUT2D eigenvalue weighted by Crippen LogP contribution is -2.19. The van der Waals surface area contributed by atoms with Crippen LogP contribution in [0, 0.1) is 0 Å². The fraction of sp³-hybridized carbons (Fsp3) is 0. The molecule has 0 aliphatic carbocycles. The van der Waals surface area contributed by atoms with Gasteiger partial charge in [-0.2, -0.15) is 5.10 Å². The number of nitrogens with two attached hydrogens (primary N) is 1. The first-order valence-electron chi connectivity index (χ1n) is 4.76. The van der Waals surface area contributed by atoms with Crippen molar-refractivity contribution in [2.45, 2.75) is 0 Å².